The fourth-order valence-corrected chi connectivity index (χ4v) is 2.57. The molecule has 1 heterocycles. The smallest absolute Gasteiger partial charge is 0.186 e. The fraction of sp³-hybridized carbons (Fsp3) is 0.238. The van der Waals surface area contributed by atoms with Gasteiger partial charge in [-0.05, 0) is 24.6 Å². The van der Waals surface area contributed by atoms with Crippen molar-refractivity contribution in [2.45, 2.75) is 27.2 Å². The van der Waals surface area contributed by atoms with Gasteiger partial charge in [-0.25, -0.2) is 4.68 Å². The summed E-state index contributed by atoms with van der Waals surface area (Å²) in [6.07, 6.45) is 0.784. The Morgan fingerprint density at radius 1 is 1.00 bits per heavy atom. The molecular weight excluding hydrogens is 296 g/mol. The van der Waals surface area contributed by atoms with Crippen LogP contribution in [0.3, 0.4) is 0 Å². The zero-order valence-corrected chi connectivity index (χ0v) is 14.4. The number of hydrogen-bond donors (Lipinski definition) is 0. The lowest BCUT2D eigenvalue weighted by molar-refractivity contribution is 0.0824. The number of carbonyl (C=O) groups excluding carboxylic acids is 1. The van der Waals surface area contributed by atoms with Crippen molar-refractivity contribution >= 4 is 5.78 Å². The molecule has 0 spiro atoms. The maximum Gasteiger partial charge on any atom is 0.186 e. The van der Waals surface area contributed by atoms with E-state index in [1.165, 1.54) is 0 Å². The van der Waals surface area contributed by atoms with Gasteiger partial charge in [0.2, 0.25) is 0 Å². The second kappa shape index (κ2) is 6.44. The van der Waals surface area contributed by atoms with E-state index in [2.05, 4.69) is 0 Å². The fourth-order valence-electron chi connectivity index (χ4n) is 2.57. The molecule has 3 aromatic rings. The molecule has 0 atom stereocenters. The third-order valence-corrected chi connectivity index (χ3v) is 4.51. The highest BCUT2D eigenvalue weighted by Gasteiger charge is 2.30. The van der Waals surface area contributed by atoms with Crippen LogP contribution in [0.25, 0.3) is 16.9 Å². The zero-order valence-electron chi connectivity index (χ0n) is 14.4. The van der Waals surface area contributed by atoms with Crippen molar-refractivity contribution in [3.05, 3.63) is 72.4 Å². The Labute approximate surface area is 143 Å². The van der Waals surface area contributed by atoms with E-state index in [9.17, 15) is 4.79 Å². The maximum atomic E-state index is 13.1. The van der Waals surface area contributed by atoms with Crippen molar-refractivity contribution < 1.29 is 4.79 Å². The molecule has 0 aliphatic rings. The Morgan fingerprint density at radius 3 is 2.17 bits per heavy atom. The van der Waals surface area contributed by atoms with Crippen LogP contribution in [0.2, 0.25) is 0 Å². The molecule has 2 aromatic carbocycles. The van der Waals surface area contributed by atoms with E-state index in [1.807, 2.05) is 87.5 Å². The van der Waals surface area contributed by atoms with Gasteiger partial charge in [0.15, 0.2) is 5.78 Å². The van der Waals surface area contributed by atoms with E-state index in [0.717, 1.165) is 23.4 Å². The Balaban J connectivity index is 2.16. The van der Waals surface area contributed by atoms with E-state index in [1.54, 1.807) is 4.68 Å². The summed E-state index contributed by atoms with van der Waals surface area (Å²) in [6, 6.07) is 21.7. The minimum Gasteiger partial charge on any atom is -0.292 e. The van der Waals surface area contributed by atoms with Gasteiger partial charge >= 0.3 is 0 Å². The topological polar surface area (TPSA) is 34.9 Å². The molecule has 0 aliphatic heterocycles. The number of aromatic nitrogens is 2. The molecule has 24 heavy (non-hydrogen) atoms. The van der Waals surface area contributed by atoms with Crippen LogP contribution >= 0.6 is 0 Å². The Bertz CT molecular complexity index is 833. The highest BCUT2D eigenvalue weighted by atomic mass is 16.1. The molecule has 3 nitrogen and oxygen atoms in total. The van der Waals surface area contributed by atoms with Gasteiger partial charge in [-0.2, -0.15) is 5.10 Å². The number of ketones is 1. The quantitative estimate of drug-likeness (QED) is 0.609. The normalized spacial score (nSPS) is 11.5. The first-order chi connectivity index (χ1) is 11.5. The standard InChI is InChI=1S/C21H22N2O/c1-4-21(2,3)20(24)19-15-18(16-11-7-5-8-12-16)22-23(19)17-13-9-6-10-14-17/h5-15H,4H2,1-3H3. The molecule has 0 aliphatic carbocycles. The lowest BCUT2D eigenvalue weighted by Crippen LogP contribution is -2.25. The van der Waals surface area contributed by atoms with Crippen molar-refractivity contribution in [3.63, 3.8) is 0 Å². The number of rotatable bonds is 5. The van der Waals surface area contributed by atoms with Crippen molar-refractivity contribution in [2.24, 2.45) is 5.41 Å². The van der Waals surface area contributed by atoms with Crippen LogP contribution < -0.4 is 0 Å². The van der Waals surface area contributed by atoms with Crippen LogP contribution in [0.4, 0.5) is 0 Å². The SMILES string of the molecule is CCC(C)(C)C(=O)c1cc(-c2ccccc2)nn1-c1ccccc1. The molecule has 0 saturated carbocycles. The van der Waals surface area contributed by atoms with Gasteiger partial charge < -0.3 is 0 Å². The van der Waals surface area contributed by atoms with E-state index in [0.29, 0.717) is 5.69 Å². The molecule has 0 unspecified atom stereocenters. The van der Waals surface area contributed by atoms with Crippen LogP contribution in [0.1, 0.15) is 37.7 Å². The van der Waals surface area contributed by atoms with Gasteiger partial charge in [0.05, 0.1) is 11.4 Å². The van der Waals surface area contributed by atoms with Gasteiger partial charge in [0.25, 0.3) is 0 Å². The minimum absolute atomic E-state index is 0.114. The summed E-state index contributed by atoms with van der Waals surface area (Å²) in [7, 11) is 0. The number of nitrogens with zero attached hydrogens (tertiary/aromatic N) is 2. The minimum atomic E-state index is -0.416. The van der Waals surface area contributed by atoms with Crippen LogP contribution in [0, 0.1) is 5.41 Å². The number of Topliss-reactive ketones (excluding diaryl/α,β-unsaturated/α-hetero) is 1. The molecule has 0 fully saturated rings. The molecule has 3 heteroatoms. The monoisotopic (exact) mass is 318 g/mol. The summed E-state index contributed by atoms with van der Waals surface area (Å²) in [5.74, 6) is 0.114. The Kier molecular flexibility index (Phi) is 4.34. The van der Waals surface area contributed by atoms with Gasteiger partial charge in [0, 0.05) is 11.0 Å². The number of carbonyl (C=O) groups is 1. The van der Waals surface area contributed by atoms with Gasteiger partial charge in [0.1, 0.15) is 5.69 Å². The van der Waals surface area contributed by atoms with E-state index < -0.39 is 5.41 Å². The average molecular weight is 318 g/mol. The highest BCUT2D eigenvalue weighted by molar-refractivity contribution is 6.00. The molecular formula is C21H22N2O. The Morgan fingerprint density at radius 2 is 1.58 bits per heavy atom. The molecule has 122 valence electrons. The lowest BCUT2D eigenvalue weighted by Gasteiger charge is -2.21. The largest absolute Gasteiger partial charge is 0.292 e. The number of para-hydroxylation sites is 1. The Hall–Kier alpha value is -2.68. The first-order valence-corrected chi connectivity index (χ1v) is 8.28. The summed E-state index contributed by atoms with van der Waals surface area (Å²) in [4.78, 5) is 13.1. The van der Waals surface area contributed by atoms with E-state index >= 15 is 0 Å². The third-order valence-electron chi connectivity index (χ3n) is 4.51. The van der Waals surface area contributed by atoms with Crippen LogP contribution in [-0.2, 0) is 0 Å². The van der Waals surface area contributed by atoms with Gasteiger partial charge in [-0.15, -0.1) is 0 Å². The molecule has 1 aromatic heterocycles. The molecule has 3 rings (SSSR count). The van der Waals surface area contributed by atoms with Crippen molar-refractivity contribution in [3.8, 4) is 16.9 Å². The summed E-state index contributed by atoms with van der Waals surface area (Å²) in [5.41, 5.74) is 2.94. The lowest BCUT2D eigenvalue weighted by atomic mass is 9.83. The highest BCUT2D eigenvalue weighted by Crippen LogP contribution is 2.29. The second-order valence-corrected chi connectivity index (χ2v) is 6.59. The maximum absolute atomic E-state index is 13.1. The van der Waals surface area contributed by atoms with Gasteiger partial charge in [-0.1, -0.05) is 69.3 Å². The van der Waals surface area contributed by atoms with E-state index in [-0.39, 0.29) is 5.78 Å². The zero-order chi connectivity index (χ0) is 17.2. The van der Waals surface area contributed by atoms with Crippen molar-refractivity contribution in [1.29, 1.82) is 0 Å². The number of benzene rings is 2. The molecule has 0 amide bonds. The van der Waals surface area contributed by atoms with Gasteiger partial charge in [-0.3, -0.25) is 4.79 Å². The predicted octanol–water partition coefficient (Wildman–Crippen LogP) is 5.16. The van der Waals surface area contributed by atoms with Crippen LogP contribution in [0.15, 0.2) is 66.7 Å². The molecule has 0 saturated heterocycles. The van der Waals surface area contributed by atoms with Crippen molar-refractivity contribution in [1.82, 2.24) is 9.78 Å². The first kappa shape index (κ1) is 16.2. The first-order valence-electron chi connectivity index (χ1n) is 8.28. The molecule has 0 radical (unpaired) electrons. The summed E-state index contributed by atoms with van der Waals surface area (Å²) >= 11 is 0. The van der Waals surface area contributed by atoms with Crippen LogP contribution in [0.5, 0.6) is 0 Å². The summed E-state index contributed by atoms with van der Waals surface area (Å²) in [6.45, 7) is 6.01. The van der Waals surface area contributed by atoms with E-state index in [4.69, 9.17) is 5.10 Å². The summed E-state index contributed by atoms with van der Waals surface area (Å²) < 4.78 is 1.77. The second-order valence-electron chi connectivity index (χ2n) is 6.59. The molecule has 0 bridgehead atoms. The third kappa shape index (κ3) is 3.02. The molecule has 0 N–H and O–H groups in total. The number of hydrogen-bond acceptors (Lipinski definition) is 2. The average Bonchev–Trinajstić information content (AvgIpc) is 3.07. The van der Waals surface area contributed by atoms with Crippen LogP contribution in [-0.4, -0.2) is 15.6 Å². The predicted molar refractivity (Wildman–Crippen MR) is 97.4 cm³/mol. The van der Waals surface area contributed by atoms with Crippen molar-refractivity contribution in [2.75, 3.05) is 0 Å². The summed E-state index contributed by atoms with van der Waals surface area (Å²) in [5, 5.41) is 4.72.